The summed E-state index contributed by atoms with van der Waals surface area (Å²) < 4.78 is 48.2. The zero-order valence-electron chi connectivity index (χ0n) is 42.0. The van der Waals surface area contributed by atoms with Crippen LogP contribution in [0.15, 0.2) is 124 Å². The van der Waals surface area contributed by atoms with Gasteiger partial charge in [-0.1, -0.05) is 71.6 Å². The van der Waals surface area contributed by atoms with Crippen molar-refractivity contribution in [3.05, 3.63) is 127 Å². The van der Waals surface area contributed by atoms with E-state index in [-0.39, 0.29) is 109 Å². The van der Waals surface area contributed by atoms with Crippen LogP contribution in [0.2, 0.25) is 0 Å². The zero-order valence-corrected chi connectivity index (χ0v) is 42.0. The quantitative estimate of drug-likeness (QED) is 0.0177. The van der Waals surface area contributed by atoms with Crippen molar-refractivity contribution < 1.29 is 70.8 Å². The number of carbonyl (C=O) groups excluding carboxylic acids is 6. The second-order valence-electron chi connectivity index (χ2n) is 16.5. The number of nitrogens with zero attached hydrogens (tertiary/aromatic N) is 9. The number of esters is 6. The molecule has 0 aliphatic carbocycles. The predicted molar refractivity (Wildman–Crippen MR) is 272 cm³/mol. The van der Waals surface area contributed by atoms with Crippen molar-refractivity contribution in [2.75, 3.05) is 39.6 Å². The first kappa shape index (κ1) is 55.9. The summed E-state index contributed by atoms with van der Waals surface area (Å²) in [6, 6.07) is 19.2. The van der Waals surface area contributed by atoms with Crippen LogP contribution in [-0.4, -0.2) is 121 Å². The van der Waals surface area contributed by atoms with Crippen LogP contribution in [0.25, 0.3) is 69.3 Å². The Labute approximate surface area is 444 Å². The van der Waals surface area contributed by atoms with Crippen LogP contribution >= 0.6 is 0 Å². The van der Waals surface area contributed by atoms with Gasteiger partial charge >= 0.3 is 35.8 Å². The minimum absolute atomic E-state index is 0.0623. The molecule has 0 aliphatic heterocycles. The molecular weight excluding hydrogens is 1010 g/mol. The molecule has 0 saturated heterocycles. The van der Waals surface area contributed by atoms with Gasteiger partial charge in [-0.3, -0.25) is 0 Å². The van der Waals surface area contributed by atoms with E-state index in [1.807, 2.05) is 0 Å². The van der Waals surface area contributed by atoms with Crippen LogP contribution in [0.3, 0.4) is 0 Å². The third-order valence-corrected chi connectivity index (χ3v) is 10.9. The van der Waals surface area contributed by atoms with E-state index in [1.54, 1.807) is 54.6 Å². The van der Waals surface area contributed by atoms with Crippen molar-refractivity contribution in [3.63, 3.8) is 0 Å². The fourth-order valence-corrected chi connectivity index (χ4v) is 6.90. The number of hydrogen-bond acceptors (Lipinski definition) is 24. The molecule has 0 N–H and O–H groups in total. The van der Waals surface area contributed by atoms with E-state index >= 15 is 0 Å². The first-order valence-corrected chi connectivity index (χ1v) is 24.5. The van der Waals surface area contributed by atoms with Gasteiger partial charge in [-0.15, -0.1) is 0 Å². The smallest absolute Gasteiger partial charge is 0.338 e. The Morgan fingerprint density at radius 1 is 0.359 bits per heavy atom. The van der Waals surface area contributed by atoms with Gasteiger partial charge in [0.25, 0.3) is 17.7 Å². The van der Waals surface area contributed by atoms with Crippen molar-refractivity contribution in [2.45, 2.75) is 57.8 Å². The predicted octanol–water partition coefficient (Wildman–Crippen LogP) is 8.19. The van der Waals surface area contributed by atoms with Crippen LogP contribution in [0.5, 0.6) is 0 Å². The number of ether oxygens (including phenoxy) is 6. The Hall–Kier alpha value is -9.87. The molecule has 0 amide bonds. The summed E-state index contributed by atoms with van der Waals surface area (Å²) in [7, 11) is 0. The summed E-state index contributed by atoms with van der Waals surface area (Å²) in [5, 5.41) is 12.3. The summed E-state index contributed by atoms with van der Waals surface area (Å²) in [5.41, 5.74) is 1.86. The monoisotopic (exact) mass is 1070 g/mol. The van der Waals surface area contributed by atoms with Crippen molar-refractivity contribution >= 4 is 35.8 Å². The Balaban J connectivity index is 1.09. The highest BCUT2D eigenvalue weighted by Crippen LogP contribution is 2.28. The summed E-state index contributed by atoms with van der Waals surface area (Å²) in [6.45, 7) is 11.2. The topological polar surface area (TPSA) is 313 Å². The lowest BCUT2D eigenvalue weighted by Gasteiger charge is -2.06. The molecule has 0 radical (unpaired) electrons. The second-order valence-corrected chi connectivity index (χ2v) is 16.5. The van der Waals surface area contributed by atoms with E-state index in [0.29, 0.717) is 74.5 Å². The standard InChI is InChI=1S/C54H51N9O15/c1-4-40(64)70-25-10-7-13-28-73-52(67)37-22-16-19-34(31-37)43-58-49(76-61-43)46-55-47(50-59-44(62-77-50)35-20-17-23-38(32-35)53(68)74-29-14-8-11-26-71-41(65)5-2)57-48(56-46)51-60-45(63-78-51)36-21-18-24-39(33-36)54(69)75-30-15-9-12-27-72-42(66)6-3/h4-6,16-24,31-33H,1-3,7-15,25-30H2. The van der Waals surface area contributed by atoms with Crippen LogP contribution in [0.4, 0.5) is 0 Å². The van der Waals surface area contributed by atoms with Crippen LogP contribution in [-0.2, 0) is 42.8 Å². The number of unbranched alkanes of at least 4 members (excludes halogenated alkanes) is 6. The Morgan fingerprint density at radius 2 is 0.628 bits per heavy atom. The summed E-state index contributed by atoms with van der Waals surface area (Å²) in [5.74, 6) is -4.22. The first-order chi connectivity index (χ1) is 38.0. The maximum Gasteiger partial charge on any atom is 0.338 e. The third kappa shape index (κ3) is 16.3. The molecule has 0 unspecified atom stereocenters. The maximum absolute atomic E-state index is 13.0. The molecule has 78 heavy (non-hydrogen) atoms. The number of hydrogen-bond donors (Lipinski definition) is 0. The minimum atomic E-state index is -0.579. The molecule has 7 rings (SSSR count). The lowest BCUT2D eigenvalue weighted by molar-refractivity contribution is -0.138. The number of aromatic nitrogens is 9. The number of benzene rings is 3. The van der Waals surface area contributed by atoms with Crippen LogP contribution in [0.1, 0.15) is 88.9 Å². The molecule has 4 aromatic heterocycles. The second kappa shape index (κ2) is 28.7. The Morgan fingerprint density at radius 3 is 0.897 bits per heavy atom. The zero-order chi connectivity index (χ0) is 55.1. The first-order valence-electron chi connectivity index (χ1n) is 24.5. The van der Waals surface area contributed by atoms with Gasteiger partial charge in [0.05, 0.1) is 56.3 Å². The molecular formula is C54H51N9O15. The van der Waals surface area contributed by atoms with E-state index in [0.717, 1.165) is 18.2 Å². The third-order valence-electron chi connectivity index (χ3n) is 10.9. The number of rotatable bonds is 30. The molecule has 402 valence electrons. The maximum atomic E-state index is 13.0. The molecule has 0 atom stereocenters. The average Bonchev–Trinajstić information content (AvgIpc) is 4.31. The van der Waals surface area contributed by atoms with Gasteiger partial charge in [0.1, 0.15) is 0 Å². The largest absolute Gasteiger partial charge is 0.463 e. The number of carbonyl (C=O) groups is 6. The van der Waals surface area contributed by atoms with Gasteiger partial charge in [-0.2, -0.15) is 29.9 Å². The average molecular weight is 1070 g/mol. The molecule has 0 spiro atoms. The van der Waals surface area contributed by atoms with Crippen molar-refractivity contribution in [2.24, 2.45) is 0 Å². The molecule has 24 nitrogen and oxygen atoms in total. The van der Waals surface area contributed by atoms with E-state index in [4.69, 9.17) is 42.0 Å². The van der Waals surface area contributed by atoms with E-state index in [9.17, 15) is 28.8 Å². The molecule has 0 bridgehead atoms. The molecule has 4 heterocycles. The summed E-state index contributed by atoms with van der Waals surface area (Å²) >= 11 is 0. The van der Waals surface area contributed by atoms with Gasteiger partial charge in [0.2, 0.25) is 34.9 Å². The summed E-state index contributed by atoms with van der Waals surface area (Å²) in [4.78, 5) is 99.8. The van der Waals surface area contributed by atoms with Gasteiger partial charge in [0.15, 0.2) is 0 Å². The Kier molecular flexibility index (Phi) is 20.6. The highest BCUT2D eigenvalue weighted by atomic mass is 16.6. The normalized spacial score (nSPS) is 10.8. The highest BCUT2D eigenvalue weighted by Gasteiger charge is 2.25. The fraction of sp³-hybridized carbons (Fsp3) is 0.278. The Bertz CT molecular complexity index is 2910. The van der Waals surface area contributed by atoms with Crippen molar-refractivity contribution in [1.29, 1.82) is 0 Å². The van der Waals surface area contributed by atoms with E-state index in [1.165, 1.54) is 18.2 Å². The lowest BCUT2D eigenvalue weighted by atomic mass is 10.1. The van der Waals surface area contributed by atoms with Gasteiger partial charge < -0.3 is 42.0 Å². The minimum Gasteiger partial charge on any atom is -0.463 e. The van der Waals surface area contributed by atoms with Gasteiger partial charge in [-0.25, -0.2) is 28.8 Å². The summed E-state index contributed by atoms with van der Waals surface area (Å²) in [6.07, 6.45) is 8.70. The van der Waals surface area contributed by atoms with Crippen LogP contribution in [0, 0.1) is 0 Å². The molecule has 24 heteroatoms. The SMILES string of the molecule is C=CC(=O)OCCCCCOC(=O)c1cccc(-c2noc(-c3nc(-c4nc(-c5cccc(C(=O)OCCCCCOC(=O)C=C)c5)no4)nc(-c4nc(-c5cccc(C(=O)OCCCCCOC(=O)C=C)c5)no4)n3)n2)c1. The van der Waals surface area contributed by atoms with Crippen molar-refractivity contribution in [1.82, 2.24) is 45.4 Å². The van der Waals surface area contributed by atoms with Gasteiger partial charge in [0, 0.05) is 34.9 Å². The van der Waals surface area contributed by atoms with Crippen LogP contribution < -0.4 is 0 Å². The molecule has 3 aromatic carbocycles. The van der Waals surface area contributed by atoms with E-state index in [2.05, 4.69) is 65.1 Å². The molecule has 0 aliphatic rings. The van der Waals surface area contributed by atoms with E-state index < -0.39 is 35.8 Å². The lowest BCUT2D eigenvalue weighted by Crippen LogP contribution is -2.07. The van der Waals surface area contributed by atoms with Gasteiger partial charge in [-0.05, 0) is 94.2 Å². The molecule has 7 aromatic rings. The molecule has 0 saturated carbocycles. The highest BCUT2D eigenvalue weighted by molar-refractivity contribution is 5.92. The van der Waals surface area contributed by atoms with Crippen molar-refractivity contribution in [3.8, 4) is 69.3 Å². The fourth-order valence-electron chi connectivity index (χ4n) is 6.90. The molecule has 0 fully saturated rings.